The number of ether oxygens (including phenoxy) is 2. The van der Waals surface area contributed by atoms with Crippen molar-refractivity contribution in [3.8, 4) is 0 Å². The van der Waals surface area contributed by atoms with Crippen molar-refractivity contribution in [2.45, 2.75) is 418 Å². The first kappa shape index (κ1) is 83.5. The molecule has 0 radical (unpaired) electrons. The van der Waals surface area contributed by atoms with E-state index in [0.29, 0.717) is 6.42 Å². The average Bonchev–Trinajstić information content (AvgIpc) is 3.52. The number of nitrogens with two attached hydrogens (primary N) is 1. The maximum Gasteiger partial charge on any atom is 0.472 e. The number of unbranched alkanes of at least 4 members (excludes halogenated alkanes) is 56. The van der Waals surface area contributed by atoms with Crippen molar-refractivity contribution in [2.24, 2.45) is 5.73 Å². The van der Waals surface area contributed by atoms with Crippen molar-refractivity contribution < 1.29 is 37.6 Å². The standard InChI is InChI=1S/C75H146NO8P/c1-3-5-7-9-11-13-15-17-19-21-23-25-27-29-31-33-34-35-36-37-38-40-42-44-46-48-50-52-54-56-58-60-62-64-66-68-75(78)84-73(72-83-85(79,80)82-70-69-76)71-81-74(77)67-65-63-61-59-57-55-53-51-49-47-45-43-41-39-32-30-28-26-24-22-20-18-16-14-12-10-8-6-4-2/h21-24,73H,3-20,25-72,76H2,1-2H3,(H,79,80)/b23-21-,24-22-. The molecule has 0 saturated heterocycles. The number of phosphoric acid groups is 1. The van der Waals surface area contributed by atoms with E-state index < -0.39 is 26.5 Å². The quantitative estimate of drug-likeness (QED) is 0.0264. The first-order valence-corrected chi connectivity index (χ1v) is 39.3. The van der Waals surface area contributed by atoms with E-state index in [0.717, 1.165) is 32.1 Å². The topological polar surface area (TPSA) is 134 Å². The number of carbonyl (C=O) groups excluding carboxylic acids is 2. The molecule has 0 fully saturated rings. The minimum absolute atomic E-state index is 0.0571. The van der Waals surface area contributed by atoms with Crippen molar-refractivity contribution in [2.75, 3.05) is 26.4 Å². The summed E-state index contributed by atoms with van der Waals surface area (Å²) in [4.78, 5) is 35.4. The van der Waals surface area contributed by atoms with Gasteiger partial charge >= 0.3 is 19.8 Å². The molecule has 504 valence electrons. The summed E-state index contributed by atoms with van der Waals surface area (Å²) < 4.78 is 33.2. The van der Waals surface area contributed by atoms with Gasteiger partial charge in [-0.15, -0.1) is 0 Å². The molecule has 0 heterocycles. The van der Waals surface area contributed by atoms with Crippen LogP contribution in [0.5, 0.6) is 0 Å². The second-order valence-electron chi connectivity index (χ2n) is 25.9. The van der Waals surface area contributed by atoms with E-state index in [-0.39, 0.29) is 38.6 Å². The van der Waals surface area contributed by atoms with Gasteiger partial charge in [-0.2, -0.15) is 0 Å². The molecule has 2 unspecified atom stereocenters. The van der Waals surface area contributed by atoms with Gasteiger partial charge in [-0.25, -0.2) is 4.57 Å². The maximum absolute atomic E-state index is 12.8. The summed E-state index contributed by atoms with van der Waals surface area (Å²) in [6.45, 7) is 3.83. The normalized spacial score (nSPS) is 12.9. The first-order valence-electron chi connectivity index (χ1n) is 37.8. The van der Waals surface area contributed by atoms with Crippen LogP contribution >= 0.6 is 7.82 Å². The fourth-order valence-corrected chi connectivity index (χ4v) is 12.5. The highest BCUT2D eigenvalue weighted by atomic mass is 31.2. The highest BCUT2D eigenvalue weighted by Crippen LogP contribution is 2.43. The SMILES string of the molecule is CCCCCCCCCC/C=C\CCCCCCCCCCCCCCCCCCCCCCCCCC(=O)OC(COC(=O)CCCCCCCCCCCCCCCCCCC/C=C\CCCCCCCCCC)COP(=O)(O)OCCN. The fraction of sp³-hybridized carbons (Fsp3) is 0.920. The highest BCUT2D eigenvalue weighted by Gasteiger charge is 2.26. The monoisotopic (exact) mass is 1220 g/mol. The van der Waals surface area contributed by atoms with Crippen LogP contribution in [-0.4, -0.2) is 49.3 Å². The Bertz CT molecular complexity index is 1440. The molecule has 10 heteroatoms. The van der Waals surface area contributed by atoms with Crippen molar-refractivity contribution >= 4 is 19.8 Å². The Balaban J connectivity index is 3.77. The van der Waals surface area contributed by atoms with E-state index in [1.54, 1.807) is 0 Å². The van der Waals surface area contributed by atoms with Crippen LogP contribution in [-0.2, 0) is 32.7 Å². The van der Waals surface area contributed by atoms with Crippen LogP contribution in [0.4, 0.5) is 0 Å². The molecule has 0 spiro atoms. The molecule has 0 bridgehead atoms. The third-order valence-corrected chi connectivity index (χ3v) is 18.3. The Morgan fingerprint density at radius 3 is 0.835 bits per heavy atom. The summed E-state index contributed by atoms with van der Waals surface area (Å²) in [5, 5.41) is 0. The Morgan fingerprint density at radius 1 is 0.341 bits per heavy atom. The van der Waals surface area contributed by atoms with E-state index in [1.807, 2.05) is 0 Å². The minimum atomic E-state index is -4.39. The van der Waals surface area contributed by atoms with Crippen molar-refractivity contribution in [1.29, 1.82) is 0 Å². The van der Waals surface area contributed by atoms with Gasteiger partial charge in [0.05, 0.1) is 13.2 Å². The minimum Gasteiger partial charge on any atom is -0.462 e. The predicted molar refractivity (Wildman–Crippen MR) is 368 cm³/mol. The number of allylic oxidation sites excluding steroid dienone is 4. The second-order valence-corrected chi connectivity index (χ2v) is 27.3. The van der Waals surface area contributed by atoms with Crippen LogP contribution in [0.1, 0.15) is 412 Å². The van der Waals surface area contributed by atoms with Gasteiger partial charge in [0, 0.05) is 19.4 Å². The van der Waals surface area contributed by atoms with Gasteiger partial charge in [0.25, 0.3) is 0 Å². The molecule has 0 saturated carbocycles. The lowest BCUT2D eigenvalue weighted by Crippen LogP contribution is -2.29. The second kappa shape index (κ2) is 71.6. The summed E-state index contributed by atoms with van der Waals surface area (Å²) in [6, 6.07) is 0. The molecular weight excluding hydrogens is 1070 g/mol. The van der Waals surface area contributed by atoms with Crippen LogP contribution in [0.3, 0.4) is 0 Å². The largest absolute Gasteiger partial charge is 0.472 e. The van der Waals surface area contributed by atoms with Crippen LogP contribution in [0.25, 0.3) is 0 Å². The number of esters is 2. The van der Waals surface area contributed by atoms with Crippen molar-refractivity contribution in [1.82, 2.24) is 0 Å². The zero-order valence-electron chi connectivity index (χ0n) is 56.9. The van der Waals surface area contributed by atoms with E-state index in [1.165, 1.54) is 347 Å². The predicted octanol–water partition coefficient (Wildman–Crippen LogP) is 24.9. The van der Waals surface area contributed by atoms with Crippen LogP contribution in [0.2, 0.25) is 0 Å². The maximum atomic E-state index is 12.8. The van der Waals surface area contributed by atoms with Gasteiger partial charge in [0.1, 0.15) is 6.61 Å². The zero-order valence-corrected chi connectivity index (χ0v) is 57.8. The Kier molecular flexibility index (Phi) is 70.3. The number of hydrogen-bond acceptors (Lipinski definition) is 8. The number of carbonyl (C=O) groups is 2. The van der Waals surface area contributed by atoms with Crippen molar-refractivity contribution in [3.05, 3.63) is 24.3 Å². The first-order chi connectivity index (χ1) is 41.8. The molecule has 0 rings (SSSR count). The molecule has 0 amide bonds. The summed E-state index contributed by atoms with van der Waals surface area (Å²) in [7, 11) is -4.39. The van der Waals surface area contributed by atoms with Crippen molar-refractivity contribution in [3.63, 3.8) is 0 Å². The molecule has 3 N–H and O–H groups in total. The molecule has 0 aromatic carbocycles. The van der Waals surface area contributed by atoms with Gasteiger partial charge in [0.2, 0.25) is 0 Å². The number of phosphoric ester groups is 1. The third-order valence-electron chi connectivity index (χ3n) is 17.3. The van der Waals surface area contributed by atoms with Gasteiger partial charge < -0.3 is 20.1 Å². The van der Waals surface area contributed by atoms with Gasteiger partial charge in [-0.1, -0.05) is 359 Å². The molecule has 0 aliphatic carbocycles. The molecule has 9 nitrogen and oxygen atoms in total. The van der Waals surface area contributed by atoms with E-state index in [9.17, 15) is 19.0 Å². The molecule has 2 atom stereocenters. The van der Waals surface area contributed by atoms with Gasteiger partial charge in [0.15, 0.2) is 6.10 Å². The fourth-order valence-electron chi connectivity index (χ4n) is 11.7. The van der Waals surface area contributed by atoms with E-state index >= 15 is 0 Å². The summed E-state index contributed by atoms with van der Waals surface area (Å²) >= 11 is 0. The molecule has 85 heavy (non-hydrogen) atoms. The lowest BCUT2D eigenvalue weighted by atomic mass is 10.0. The highest BCUT2D eigenvalue weighted by molar-refractivity contribution is 7.47. The average molecular weight is 1220 g/mol. The molecular formula is C75H146NO8P. The zero-order chi connectivity index (χ0) is 61.6. The summed E-state index contributed by atoms with van der Waals surface area (Å²) in [6.07, 6.45) is 88.8. The van der Waals surface area contributed by atoms with E-state index in [4.69, 9.17) is 24.3 Å². The lowest BCUT2D eigenvalue weighted by Gasteiger charge is -2.19. The van der Waals surface area contributed by atoms with E-state index in [2.05, 4.69) is 38.2 Å². The van der Waals surface area contributed by atoms with Crippen LogP contribution in [0, 0.1) is 0 Å². The summed E-state index contributed by atoms with van der Waals surface area (Å²) in [5.74, 6) is -0.801. The van der Waals surface area contributed by atoms with Crippen LogP contribution < -0.4 is 5.73 Å². The summed E-state index contributed by atoms with van der Waals surface area (Å²) in [5.41, 5.74) is 5.41. The molecule has 0 aromatic rings. The number of hydrogen-bond donors (Lipinski definition) is 2. The number of rotatable bonds is 73. The van der Waals surface area contributed by atoms with Gasteiger partial charge in [-0.05, 0) is 64.2 Å². The third kappa shape index (κ3) is 71.4. The Hall–Kier alpha value is -1.51. The Labute approximate surface area is 529 Å². The Morgan fingerprint density at radius 2 is 0.576 bits per heavy atom. The lowest BCUT2D eigenvalue weighted by molar-refractivity contribution is -0.161. The molecule has 0 aromatic heterocycles. The van der Waals surface area contributed by atoms with Crippen LogP contribution in [0.15, 0.2) is 24.3 Å². The molecule has 0 aliphatic heterocycles. The molecule has 0 aliphatic rings. The van der Waals surface area contributed by atoms with Gasteiger partial charge in [-0.3, -0.25) is 18.6 Å². The smallest absolute Gasteiger partial charge is 0.462 e.